The minimum absolute atomic E-state index is 0.0819. The lowest BCUT2D eigenvalue weighted by Gasteiger charge is -2.30. The van der Waals surface area contributed by atoms with E-state index in [2.05, 4.69) is 5.32 Å². The van der Waals surface area contributed by atoms with Crippen LogP contribution < -0.4 is 14.4 Å². The molecule has 0 radical (unpaired) electrons. The number of para-hydroxylation sites is 2. The van der Waals surface area contributed by atoms with Gasteiger partial charge in [-0.15, -0.1) is 0 Å². The van der Waals surface area contributed by atoms with Gasteiger partial charge in [0.25, 0.3) is 15.9 Å². The first-order chi connectivity index (χ1) is 16.3. The van der Waals surface area contributed by atoms with Crippen LogP contribution in [0.25, 0.3) is 0 Å². The quantitative estimate of drug-likeness (QED) is 0.475. The third-order valence-corrected chi connectivity index (χ3v) is 8.03. The number of nitrogens with zero attached hydrogens (tertiary/aromatic N) is 1. The summed E-state index contributed by atoms with van der Waals surface area (Å²) < 4.78 is 33.7. The molecule has 178 valence electrons. The topological polar surface area (TPSA) is 75.7 Å². The second-order valence-corrected chi connectivity index (χ2v) is 10.5. The highest BCUT2D eigenvalue weighted by molar-refractivity contribution is 7.92. The molecule has 0 aliphatic carbocycles. The minimum Gasteiger partial charge on any atom is -0.482 e. The SMILES string of the molecule is CCc1cccc(C)c1NC(=O)COc1ccc(S(=O)(=O)N2CCCc3ccccc32)cc1Cl. The van der Waals surface area contributed by atoms with Gasteiger partial charge < -0.3 is 10.1 Å². The number of fused-ring (bicyclic) bond motifs is 1. The summed E-state index contributed by atoms with van der Waals surface area (Å²) in [5.41, 5.74) is 4.51. The Kier molecular flexibility index (Phi) is 7.14. The van der Waals surface area contributed by atoms with Crippen LogP contribution in [0, 0.1) is 6.92 Å². The van der Waals surface area contributed by atoms with E-state index < -0.39 is 10.0 Å². The van der Waals surface area contributed by atoms with E-state index in [1.54, 1.807) is 0 Å². The molecule has 8 heteroatoms. The van der Waals surface area contributed by atoms with E-state index in [1.807, 2.05) is 56.3 Å². The van der Waals surface area contributed by atoms with Crippen molar-refractivity contribution in [2.75, 3.05) is 22.8 Å². The van der Waals surface area contributed by atoms with Crippen molar-refractivity contribution in [1.82, 2.24) is 0 Å². The van der Waals surface area contributed by atoms with Gasteiger partial charge >= 0.3 is 0 Å². The fourth-order valence-electron chi connectivity index (χ4n) is 4.16. The number of benzene rings is 3. The van der Waals surface area contributed by atoms with Gasteiger partial charge in [0, 0.05) is 12.2 Å². The fraction of sp³-hybridized carbons (Fsp3) is 0.269. The molecule has 0 unspecified atom stereocenters. The van der Waals surface area contributed by atoms with Crippen LogP contribution in [-0.2, 0) is 27.7 Å². The zero-order valence-electron chi connectivity index (χ0n) is 19.2. The number of aryl methyl sites for hydroxylation is 3. The van der Waals surface area contributed by atoms with Gasteiger partial charge in [0.2, 0.25) is 0 Å². The zero-order valence-corrected chi connectivity index (χ0v) is 20.7. The Morgan fingerprint density at radius 1 is 1.12 bits per heavy atom. The van der Waals surface area contributed by atoms with Crippen molar-refractivity contribution >= 4 is 38.9 Å². The summed E-state index contributed by atoms with van der Waals surface area (Å²) in [5, 5.41) is 3.03. The maximum Gasteiger partial charge on any atom is 0.264 e. The van der Waals surface area contributed by atoms with Crippen molar-refractivity contribution in [1.29, 1.82) is 0 Å². The van der Waals surface area contributed by atoms with E-state index >= 15 is 0 Å². The molecule has 3 aromatic rings. The molecule has 0 saturated carbocycles. The Bertz CT molecular complexity index is 1320. The average molecular weight is 499 g/mol. The number of sulfonamides is 1. The van der Waals surface area contributed by atoms with Crippen molar-refractivity contribution in [2.24, 2.45) is 0 Å². The number of carbonyl (C=O) groups is 1. The average Bonchev–Trinajstić information content (AvgIpc) is 2.84. The lowest BCUT2D eigenvalue weighted by Crippen LogP contribution is -2.35. The number of ether oxygens (including phenoxy) is 1. The number of hydrogen-bond acceptors (Lipinski definition) is 4. The van der Waals surface area contributed by atoms with E-state index in [9.17, 15) is 13.2 Å². The summed E-state index contributed by atoms with van der Waals surface area (Å²) in [6, 6.07) is 17.7. The second kappa shape index (κ2) is 10.1. The highest BCUT2D eigenvalue weighted by atomic mass is 35.5. The van der Waals surface area contributed by atoms with Gasteiger partial charge in [-0.3, -0.25) is 9.10 Å². The van der Waals surface area contributed by atoms with Gasteiger partial charge in [0.15, 0.2) is 6.61 Å². The molecule has 0 bridgehead atoms. The maximum absolute atomic E-state index is 13.3. The molecule has 0 spiro atoms. The molecule has 0 aromatic heterocycles. The summed E-state index contributed by atoms with van der Waals surface area (Å²) in [6.07, 6.45) is 2.39. The summed E-state index contributed by atoms with van der Waals surface area (Å²) in [4.78, 5) is 12.6. The van der Waals surface area contributed by atoms with Crippen molar-refractivity contribution in [3.8, 4) is 5.75 Å². The minimum atomic E-state index is -3.79. The Balaban J connectivity index is 1.47. The molecule has 3 aromatic carbocycles. The number of hydrogen-bond donors (Lipinski definition) is 1. The number of anilines is 2. The second-order valence-electron chi connectivity index (χ2n) is 8.20. The number of carbonyl (C=O) groups excluding carboxylic acids is 1. The van der Waals surface area contributed by atoms with Gasteiger partial charge in [-0.25, -0.2) is 8.42 Å². The lowest BCUT2D eigenvalue weighted by molar-refractivity contribution is -0.118. The predicted octanol–water partition coefficient (Wildman–Crippen LogP) is 5.37. The lowest BCUT2D eigenvalue weighted by atomic mass is 10.0. The van der Waals surface area contributed by atoms with E-state index in [0.717, 1.165) is 41.6 Å². The van der Waals surface area contributed by atoms with Crippen LogP contribution in [0.1, 0.15) is 30.0 Å². The highest BCUT2D eigenvalue weighted by Gasteiger charge is 2.29. The van der Waals surface area contributed by atoms with Crippen LogP contribution in [-0.4, -0.2) is 27.5 Å². The summed E-state index contributed by atoms with van der Waals surface area (Å²) in [7, 11) is -3.79. The van der Waals surface area contributed by atoms with Crippen LogP contribution in [0.2, 0.25) is 5.02 Å². The first-order valence-electron chi connectivity index (χ1n) is 11.2. The number of amides is 1. The number of nitrogens with one attached hydrogen (secondary N) is 1. The van der Waals surface area contributed by atoms with Crippen LogP contribution in [0.15, 0.2) is 65.6 Å². The number of halogens is 1. The summed E-state index contributed by atoms with van der Waals surface area (Å²) >= 11 is 6.35. The molecule has 0 fully saturated rings. The molecular formula is C26H27ClN2O4S. The van der Waals surface area contributed by atoms with Crippen LogP contribution in [0.3, 0.4) is 0 Å². The molecule has 0 saturated heterocycles. The van der Waals surface area contributed by atoms with E-state index in [-0.39, 0.29) is 28.2 Å². The van der Waals surface area contributed by atoms with Gasteiger partial charge in [-0.1, -0.05) is 54.9 Å². The molecular weight excluding hydrogens is 472 g/mol. The Labute approximate surface area is 205 Å². The Hall–Kier alpha value is -3.03. The monoisotopic (exact) mass is 498 g/mol. The molecule has 6 nitrogen and oxygen atoms in total. The largest absolute Gasteiger partial charge is 0.482 e. The molecule has 1 aliphatic rings. The smallest absolute Gasteiger partial charge is 0.264 e. The first kappa shape index (κ1) is 24.1. The zero-order chi connectivity index (χ0) is 24.3. The standard InChI is InChI=1S/C26H27ClN2O4S/c1-3-19-10-6-8-18(2)26(19)28-25(30)17-33-24-14-13-21(16-22(24)27)34(31,32)29-15-7-11-20-9-4-5-12-23(20)29/h4-6,8-10,12-14,16H,3,7,11,15,17H2,1-2H3,(H,28,30). The third kappa shape index (κ3) is 4.91. The van der Waals surface area contributed by atoms with Crippen LogP contribution in [0.4, 0.5) is 11.4 Å². The van der Waals surface area contributed by atoms with Crippen LogP contribution >= 0.6 is 11.6 Å². The van der Waals surface area contributed by atoms with E-state index in [1.165, 1.54) is 22.5 Å². The summed E-state index contributed by atoms with van der Waals surface area (Å²) in [5.74, 6) is -0.0722. The molecule has 1 amide bonds. The van der Waals surface area contributed by atoms with Gasteiger partial charge in [0.05, 0.1) is 15.6 Å². The van der Waals surface area contributed by atoms with Gasteiger partial charge in [0.1, 0.15) is 5.75 Å². The molecule has 1 aliphatic heterocycles. The van der Waals surface area contributed by atoms with E-state index in [4.69, 9.17) is 16.3 Å². The Morgan fingerprint density at radius 2 is 1.91 bits per heavy atom. The van der Waals surface area contributed by atoms with Crippen molar-refractivity contribution in [2.45, 2.75) is 38.0 Å². The highest BCUT2D eigenvalue weighted by Crippen LogP contribution is 2.34. The first-order valence-corrected chi connectivity index (χ1v) is 13.0. The van der Waals surface area contributed by atoms with Crippen molar-refractivity contribution in [3.05, 3.63) is 82.4 Å². The normalized spacial score (nSPS) is 13.3. The number of rotatable bonds is 7. The summed E-state index contributed by atoms with van der Waals surface area (Å²) in [6.45, 7) is 4.13. The predicted molar refractivity (Wildman–Crippen MR) is 135 cm³/mol. The van der Waals surface area contributed by atoms with Crippen molar-refractivity contribution in [3.63, 3.8) is 0 Å². The third-order valence-electron chi connectivity index (χ3n) is 5.92. The van der Waals surface area contributed by atoms with Crippen molar-refractivity contribution < 1.29 is 17.9 Å². The fourth-order valence-corrected chi connectivity index (χ4v) is 6.02. The maximum atomic E-state index is 13.3. The molecule has 1 heterocycles. The Morgan fingerprint density at radius 3 is 2.68 bits per heavy atom. The van der Waals surface area contributed by atoms with Crippen LogP contribution in [0.5, 0.6) is 5.75 Å². The molecule has 34 heavy (non-hydrogen) atoms. The molecule has 1 N–H and O–H groups in total. The van der Waals surface area contributed by atoms with Gasteiger partial charge in [-0.05, 0) is 67.1 Å². The molecule has 4 rings (SSSR count). The van der Waals surface area contributed by atoms with E-state index in [0.29, 0.717) is 12.2 Å². The molecule has 0 atom stereocenters. The van der Waals surface area contributed by atoms with Gasteiger partial charge in [-0.2, -0.15) is 0 Å².